The maximum Gasteiger partial charge on any atom is 0.325 e. The fourth-order valence-corrected chi connectivity index (χ4v) is 4.82. The summed E-state index contributed by atoms with van der Waals surface area (Å²) in [6.45, 7) is 2.90. The van der Waals surface area contributed by atoms with Crippen LogP contribution in [0.15, 0.2) is 30.3 Å². The average Bonchev–Trinajstić information content (AvgIpc) is 3.04. The Balaban J connectivity index is 1.86. The number of carbonyl (C=O) groups is 3. The molecule has 9 heteroatoms. The maximum atomic E-state index is 12.6. The molecule has 1 fully saturated rings. The Morgan fingerprint density at radius 1 is 1.25 bits per heavy atom. The van der Waals surface area contributed by atoms with E-state index in [1.165, 1.54) is 4.90 Å². The Morgan fingerprint density at radius 2 is 1.93 bits per heavy atom. The van der Waals surface area contributed by atoms with E-state index in [9.17, 15) is 22.8 Å². The normalized spacial score (nSPS) is 18.9. The lowest BCUT2D eigenvalue weighted by atomic mass is 10.1. The van der Waals surface area contributed by atoms with Crippen molar-refractivity contribution < 1.29 is 27.5 Å². The third-order valence-electron chi connectivity index (χ3n) is 4.74. The molecular weight excluding hydrogens is 384 g/mol. The molecule has 0 aromatic heterocycles. The van der Waals surface area contributed by atoms with Crippen molar-refractivity contribution in [3.8, 4) is 0 Å². The fraction of sp³-hybridized carbons (Fsp3) is 0.526. The molecule has 0 unspecified atom stereocenters. The number of rotatable bonds is 8. The Bertz CT molecular complexity index is 809. The van der Waals surface area contributed by atoms with Crippen LogP contribution in [0.4, 0.5) is 0 Å². The van der Waals surface area contributed by atoms with Gasteiger partial charge in [-0.05, 0) is 31.9 Å². The maximum absolute atomic E-state index is 12.6. The minimum absolute atomic E-state index is 0.0587. The zero-order valence-corrected chi connectivity index (χ0v) is 16.9. The minimum Gasteiger partial charge on any atom is -0.454 e. The van der Waals surface area contributed by atoms with Gasteiger partial charge in [-0.25, -0.2) is 8.42 Å². The predicted octanol–water partition coefficient (Wildman–Crippen LogP) is 0.774. The molecule has 2 rings (SSSR count). The van der Waals surface area contributed by atoms with Gasteiger partial charge in [0.05, 0.1) is 11.5 Å². The second-order valence-corrected chi connectivity index (χ2v) is 9.05. The highest BCUT2D eigenvalue weighted by Gasteiger charge is 2.36. The number of amides is 2. The average molecular weight is 410 g/mol. The molecule has 1 N–H and O–H groups in total. The highest BCUT2D eigenvalue weighted by molar-refractivity contribution is 7.91. The molecule has 28 heavy (non-hydrogen) atoms. The van der Waals surface area contributed by atoms with Crippen molar-refractivity contribution in [1.29, 1.82) is 0 Å². The summed E-state index contributed by atoms with van der Waals surface area (Å²) < 4.78 is 28.5. The third-order valence-corrected chi connectivity index (χ3v) is 6.49. The van der Waals surface area contributed by atoms with Gasteiger partial charge in [0.15, 0.2) is 16.4 Å². The largest absolute Gasteiger partial charge is 0.454 e. The summed E-state index contributed by atoms with van der Waals surface area (Å²) in [4.78, 5) is 37.9. The summed E-state index contributed by atoms with van der Waals surface area (Å²) in [6, 6.07) is 7.85. The van der Waals surface area contributed by atoms with Gasteiger partial charge in [0.25, 0.3) is 11.8 Å². The molecule has 1 heterocycles. The molecule has 0 aliphatic carbocycles. The van der Waals surface area contributed by atoms with Gasteiger partial charge in [-0.15, -0.1) is 0 Å². The van der Waals surface area contributed by atoms with E-state index in [-0.39, 0.29) is 24.1 Å². The molecule has 1 aliphatic heterocycles. The van der Waals surface area contributed by atoms with E-state index in [0.29, 0.717) is 18.4 Å². The van der Waals surface area contributed by atoms with Gasteiger partial charge in [0.2, 0.25) is 0 Å². The number of benzene rings is 1. The molecule has 2 atom stereocenters. The van der Waals surface area contributed by atoms with E-state index < -0.39 is 40.3 Å². The van der Waals surface area contributed by atoms with Crippen molar-refractivity contribution >= 4 is 27.6 Å². The van der Waals surface area contributed by atoms with Crippen LogP contribution in [0.3, 0.4) is 0 Å². The first kappa shape index (κ1) is 21.9. The van der Waals surface area contributed by atoms with Crippen molar-refractivity contribution in [3.05, 3.63) is 35.9 Å². The minimum atomic E-state index is -3.14. The molecule has 1 saturated heterocycles. The number of nitrogens with one attached hydrogen (secondary N) is 1. The number of esters is 1. The number of ether oxygens (including phenoxy) is 1. The number of hydrogen-bond acceptors (Lipinski definition) is 6. The van der Waals surface area contributed by atoms with Crippen LogP contribution in [0.2, 0.25) is 0 Å². The van der Waals surface area contributed by atoms with Gasteiger partial charge in [-0.1, -0.05) is 25.1 Å². The monoisotopic (exact) mass is 410 g/mol. The second-order valence-electron chi connectivity index (χ2n) is 6.82. The van der Waals surface area contributed by atoms with Crippen molar-refractivity contribution in [3.63, 3.8) is 0 Å². The number of carbonyl (C=O) groups excluding carboxylic acids is 3. The SMILES string of the molecule is CC[C@@H](C)N(C(=O)COC(=O)CNC(=O)c1ccccc1)[C@@H]1CCS(=O)(=O)C1. The Labute approximate surface area is 165 Å². The molecule has 0 bridgehead atoms. The van der Waals surface area contributed by atoms with E-state index in [0.717, 1.165) is 0 Å². The summed E-state index contributed by atoms with van der Waals surface area (Å²) >= 11 is 0. The highest BCUT2D eigenvalue weighted by Crippen LogP contribution is 2.21. The van der Waals surface area contributed by atoms with Gasteiger partial charge in [0, 0.05) is 17.6 Å². The molecule has 0 radical (unpaired) electrons. The van der Waals surface area contributed by atoms with E-state index in [1.807, 2.05) is 13.8 Å². The zero-order valence-electron chi connectivity index (χ0n) is 16.1. The topological polar surface area (TPSA) is 110 Å². The number of nitrogens with zero attached hydrogens (tertiary/aromatic N) is 1. The van der Waals surface area contributed by atoms with Gasteiger partial charge in [-0.2, -0.15) is 0 Å². The van der Waals surface area contributed by atoms with Crippen molar-refractivity contribution in [1.82, 2.24) is 10.2 Å². The fourth-order valence-electron chi connectivity index (χ4n) is 3.11. The van der Waals surface area contributed by atoms with Gasteiger partial charge in [-0.3, -0.25) is 14.4 Å². The third kappa shape index (κ3) is 6.05. The summed E-state index contributed by atoms with van der Waals surface area (Å²) in [5.41, 5.74) is 0.414. The molecule has 154 valence electrons. The molecule has 1 aliphatic rings. The summed E-state index contributed by atoms with van der Waals surface area (Å²) in [5.74, 6) is -1.59. The van der Waals surface area contributed by atoms with Gasteiger partial charge < -0.3 is 15.0 Å². The van der Waals surface area contributed by atoms with E-state index in [1.54, 1.807) is 30.3 Å². The lowest BCUT2D eigenvalue weighted by Gasteiger charge is -2.33. The molecule has 0 spiro atoms. The van der Waals surface area contributed by atoms with Crippen LogP contribution in [0.5, 0.6) is 0 Å². The van der Waals surface area contributed by atoms with E-state index >= 15 is 0 Å². The Morgan fingerprint density at radius 3 is 2.50 bits per heavy atom. The molecule has 1 aromatic rings. The first-order chi connectivity index (χ1) is 13.2. The van der Waals surface area contributed by atoms with Gasteiger partial charge >= 0.3 is 5.97 Å². The van der Waals surface area contributed by atoms with Crippen LogP contribution in [0.25, 0.3) is 0 Å². The van der Waals surface area contributed by atoms with Gasteiger partial charge in [0.1, 0.15) is 6.54 Å². The standard InChI is InChI=1S/C19H26N2O6S/c1-3-14(2)21(16-9-10-28(25,26)13-16)17(22)12-27-18(23)11-20-19(24)15-7-5-4-6-8-15/h4-8,14,16H,3,9-13H2,1-2H3,(H,20,24)/t14-,16-/m1/s1. The van der Waals surface area contributed by atoms with E-state index in [4.69, 9.17) is 4.74 Å². The molecule has 2 amide bonds. The highest BCUT2D eigenvalue weighted by atomic mass is 32.2. The first-order valence-corrected chi connectivity index (χ1v) is 11.1. The van der Waals surface area contributed by atoms with Crippen LogP contribution in [0.1, 0.15) is 37.0 Å². The van der Waals surface area contributed by atoms with Crippen molar-refractivity contribution in [2.75, 3.05) is 24.7 Å². The predicted molar refractivity (Wildman–Crippen MR) is 103 cm³/mol. The van der Waals surface area contributed by atoms with E-state index in [2.05, 4.69) is 5.32 Å². The van der Waals surface area contributed by atoms with Crippen LogP contribution < -0.4 is 5.32 Å². The second kappa shape index (κ2) is 9.68. The zero-order chi connectivity index (χ0) is 20.7. The molecule has 1 aromatic carbocycles. The van der Waals surface area contributed by atoms with Crippen LogP contribution >= 0.6 is 0 Å². The smallest absolute Gasteiger partial charge is 0.325 e. The Hall–Kier alpha value is -2.42. The van der Waals surface area contributed by atoms with Crippen LogP contribution in [-0.2, 0) is 24.2 Å². The summed E-state index contributed by atoms with van der Waals surface area (Å²) in [6.07, 6.45) is 1.04. The Kier molecular flexibility index (Phi) is 7.56. The van der Waals surface area contributed by atoms with Crippen LogP contribution in [0, 0.1) is 0 Å². The lowest BCUT2D eigenvalue weighted by Crippen LogP contribution is -2.48. The first-order valence-electron chi connectivity index (χ1n) is 9.24. The lowest BCUT2D eigenvalue weighted by molar-refractivity contribution is -0.153. The quantitative estimate of drug-likeness (QED) is 0.634. The summed E-state index contributed by atoms with van der Waals surface area (Å²) in [5, 5.41) is 2.43. The van der Waals surface area contributed by atoms with Crippen molar-refractivity contribution in [2.45, 2.75) is 38.8 Å². The molecular formula is C19H26N2O6S. The molecule has 0 saturated carbocycles. The van der Waals surface area contributed by atoms with Crippen molar-refractivity contribution in [2.24, 2.45) is 0 Å². The van der Waals surface area contributed by atoms with Crippen LogP contribution in [-0.4, -0.2) is 67.8 Å². The molecule has 8 nitrogen and oxygen atoms in total. The summed E-state index contributed by atoms with van der Waals surface area (Å²) in [7, 11) is -3.14. The number of sulfone groups is 1. The number of hydrogen-bond donors (Lipinski definition) is 1.